The molecule has 3 rings (SSSR count). The van der Waals surface area contributed by atoms with Gasteiger partial charge in [0.05, 0.1) is 11.9 Å². The van der Waals surface area contributed by atoms with Crippen LogP contribution in [0.3, 0.4) is 0 Å². The second-order valence-corrected chi connectivity index (χ2v) is 6.32. The highest BCUT2D eigenvalue weighted by atomic mass is 19.1. The van der Waals surface area contributed by atoms with Gasteiger partial charge in [-0.15, -0.1) is 0 Å². The summed E-state index contributed by atoms with van der Waals surface area (Å²) in [7, 11) is 3.52. The van der Waals surface area contributed by atoms with E-state index >= 15 is 0 Å². The van der Waals surface area contributed by atoms with Crippen LogP contribution in [0.25, 0.3) is 0 Å². The van der Waals surface area contributed by atoms with Gasteiger partial charge in [-0.25, -0.2) is 4.39 Å². The molecule has 2 heterocycles. The maximum atomic E-state index is 13.4. The van der Waals surface area contributed by atoms with Crippen molar-refractivity contribution in [2.24, 2.45) is 12.0 Å². The number of benzene rings is 1. The van der Waals surface area contributed by atoms with E-state index in [-0.39, 0.29) is 18.3 Å². The van der Waals surface area contributed by atoms with Crippen LogP contribution in [-0.4, -0.2) is 53.2 Å². The number of carbonyl (C=O) groups is 1. The topological polar surface area (TPSA) is 65.8 Å². The summed E-state index contributed by atoms with van der Waals surface area (Å²) < 4.78 is 15.1. The highest BCUT2D eigenvalue weighted by Crippen LogP contribution is 2.16. The fourth-order valence-electron chi connectivity index (χ4n) is 3.00. The van der Waals surface area contributed by atoms with Crippen LogP contribution in [-0.2, 0) is 18.4 Å². The monoisotopic (exact) mass is 358 g/mol. The van der Waals surface area contributed by atoms with Crippen LogP contribution < -0.4 is 10.2 Å². The number of amides is 1. The second-order valence-electron chi connectivity index (χ2n) is 6.32. The van der Waals surface area contributed by atoms with E-state index in [2.05, 4.69) is 15.4 Å². The third kappa shape index (κ3) is 3.84. The summed E-state index contributed by atoms with van der Waals surface area (Å²) in [4.78, 5) is 20.4. The lowest BCUT2D eigenvalue weighted by Crippen LogP contribution is -2.55. The van der Waals surface area contributed by atoms with Crippen molar-refractivity contribution in [1.29, 1.82) is 0 Å². The summed E-state index contributed by atoms with van der Waals surface area (Å²) in [5, 5.41) is 7.37. The molecule has 1 aromatic carbocycles. The standard InChI is InChI=1S/C18H23FN6O/c1-13-8-14(4-5-16(13)19)9-21-18(20-2)24-6-7-25(17(26)12-24)15-10-22-23(3)11-15/h4-5,8,10-11H,6-7,9,12H2,1-3H3,(H,20,21). The average molecular weight is 358 g/mol. The molecule has 0 unspecified atom stereocenters. The van der Waals surface area contributed by atoms with Gasteiger partial charge in [-0.3, -0.25) is 14.5 Å². The molecule has 1 saturated heterocycles. The van der Waals surface area contributed by atoms with Crippen molar-refractivity contribution in [2.75, 3.05) is 31.6 Å². The highest BCUT2D eigenvalue weighted by Gasteiger charge is 2.27. The number of guanidine groups is 1. The Hall–Kier alpha value is -2.90. The molecule has 1 N–H and O–H groups in total. The summed E-state index contributed by atoms with van der Waals surface area (Å²) in [6, 6.07) is 5.01. The van der Waals surface area contributed by atoms with E-state index in [1.807, 2.05) is 18.1 Å². The van der Waals surface area contributed by atoms with Gasteiger partial charge in [0.25, 0.3) is 0 Å². The van der Waals surface area contributed by atoms with Gasteiger partial charge in [0.2, 0.25) is 5.91 Å². The number of nitrogens with zero attached hydrogens (tertiary/aromatic N) is 5. The Bertz CT molecular complexity index is 831. The third-order valence-electron chi connectivity index (χ3n) is 4.41. The van der Waals surface area contributed by atoms with Crippen molar-refractivity contribution in [3.63, 3.8) is 0 Å². The first kappa shape index (κ1) is 17.9. The molecule has 0 atom stereocenters. The quantitative estimate of drug-likeness (QED) is 0.663. The summed E-state index contributed by atoms with van der Waals surface area (Å²) in [5.74, 6) is 0.450. The maximum Gasteiger partial charge on any atom is 0.246 e. The maximum absolute atomic E-state index is 13.4. The van der Waals surface area contributed by atoms with E-state index in [0.717, 1.165) is 11.3 Å². The first-order chi connectivity index (χ1) is 12.5. The molecule has 26 heavy (non-hydrogen) atoms. The Kier molecular flexibility index (Phi) is 5.20. The van der Waals surface area contributed by atoms with E-state index in [9.17, 15) is 9.18 Å². The molecule has 0 bridgehead atoms. The van der Waals surface area contributed by atoms with Gasteiger partial charge >= 0.3 is 0 Å². The molecule has 0 aliphatic carbocycles. The van der Waals surface area contributed by atoms with Crippen LogP contribution in [0, 0.1) is 12.7 Å². The fraction of sp³-hybridized carbons (Fsp3) is 0.389. The molecule has 0 radical (unpaired) electrons. The lowest BCUT2D eigenvalue weighted by atomic mass is 10.1. The molecule has 0 saturated carbocycles. The number of hydrogen-bond acceptors (Lipinski definition) is 3. The van der Waals surface area contributed by atoms with Crippen LogP contribution in [0.5, 0.6) is 0 Å². The van der Waals surface area contributed by atoms with Gasteiger partial charge in [0.1, 0.15) is 12.4 Å². The minimum Gasteiger partial charge on any atom is -0.352 e. The number of halogens is 1. The number of rotatable bonds is 3. The molecule has 0 spiro atoms. The predicted octanol–water partition coefficient (Wildman–Crippen LogP) is 1.29. The fourth-order valence-corrected chi connectivity index (χ4v) is 3.00. The number of aryl methyl sites for hydroxylation is 2. The van der Waals surface area contributed by atoms with Crippen LogP contribution in [0.4, 0.5) is 10.1 Å². The average Bonchev–Trinajstić information content (AvgIpc) is 3.04. The molecule has 138 valence electrons. The first-order valence-electron chi connectivity index (χ1n) is 8.47. The minimum absolute atomic E-state index is 0.00447. The zero-order chi connectivity index (χ0) is 18.7. The molecule has 7 nitrogen and oxygen atoms in total. The van der Waals surface area contributed by atoms with Gasteiger partial charge in [-0.1, -0.05) is 12.1 Å². The Labute approximate surface area is 152 Å². The Morgan fingerprint density at radius 1 is 1.38 bits per heavy atom. The number of piperazine rings is 1. The number of anilines is 1. The number of aliphatic imine (C=N–C) groups is 1. The number of nitrogens with one attached hydrogen (secondary N) is 1. The number of aromatic nitrogens is 2. The van der Waals surface area contributed by atoms with Crippen molar-refractivity contribution in [1.82, 2.24) is 20.0 Å². The molecule has 1 aliphatic heterocycles. The summed E-state index contributed by atoms with van der Waals surface area (Å²) in [6.07, 6.45) is 3.52. The SMILES string of the molecule is CN=C(NCc1ccc(F)c(C)c1)N1CCN(c2cnn(C)c2)C(=O)C1. The van der Waals surface area contributed by atoms with E-state index in [0.29, 0.717) is 31.2 Å². The number of hydrogen-bond donors (Lipinski definition) is 1. The summed E-state index contributed by atoms with van der Waals surface area (Å²) in [6.45, 7) is 3.75. The van der Waals surface area contributed by atoms with Gasteiger partial charge in [-0.2, -0.15) is 5.10 Å². The lowest BCUT2D eigenvalue weighted by molar-refractivity contribution is -0.120. The van der Waals surface area contributed by atoms with Crippen molar-refractivity contribution in [2.45, 2.75) is 13.5 Å². The van der Waals surface area contributed by atoms with Crippen LogP contribution in [0.2, 0.25) is 0 Å². The Morgan fingerprint density at radius 2 is 2.19 bits per heavy atom. The van der Waals surface area contributed by atoms with Crippen molar-refractivity contribution < 1.29 is 9.18 Å². The molecule has 1 fully saturated rings. The second kappa shape index (κ2) is 7.55. The van der Waals surface area contributed by atoms with Gasteiger partial charge < -0.3 is 15.1 Å². The Balaban J connectivity index is 1.61. The van der Waals surface area contributed by atoms with Gasteiger partial charge in [-0.05, 0) is 24.1 Å². The van der Waals surface area contributed by atoms with Crippen LogP contribution in [0.15, 0.2) is 35.6 Å². The minimum atomic E-state index is -0.213. The molecular weight excluding hydrogens is 335 g/mol. The van der Waals surface area contributed by atoms with Gasteiger partial charge in [0.15, 0.2) is 5.96 Å². The first-order valence-corrected chi connectivity index (χ1v) is 8.47. The normalized spacial score (nSPS) is 15.5. The zero-order valence-corrected chi connectivity index (χ0v) is 15.2. The zero-order valence-electron chi connectivity index (χ0n) is 15.2. The predicted molar refractivity (Wildman–Crippen MR) is 98.5 cm³/mol. The van der Waals surface area contributed by atoms with Gasteiger partial charge in [0, 0.05) is 39.9 Å². The third-order valence-corrected chi connectivity index (χ3v) is 4.41. The van der Waals surface area contributed by atoms with Crippen molar-refractivity contribution in [3.8, 4) is 0 Å². The van der Waals surface area contributed by atoms with Crippen molar-refractivity contribution in [3.05, 3.63) is 47.5 Å². The van der Waals surface area contributed by atoms with E-state index in [1.54, 1.807) is 41.9 Å². The van der Waals surface area contributed by atoms with Crippen LogP contribution in [0.1, 0.15) is 11.1 Å². The van der Waals surface area contributed by atoms with Crippen LogP contribution >= 0.6 is 0 Å². The molecular formula is C18H23FN6O. The summed E-state index contributed by atoms with van der Waals surface area (Å²) >= 11 is 0. The number of carbonyl (C=O) groups excluding carboxylic acids is 1. The van der Waals surface area contributed by atoms with Crippen molar-refractivity contribution >= 4 is 17.6 Å². The molecule has 1 aromatic heterocycles. The van der Waals surface area contributed by atoms with E-state index < -0.39 is 0 Å². The lowest BCUT2D eigenvalue weighted by Gasteiger charge is -2.35. The highest BCUT2D eigenvalue weighted by molar-refractivity contribution is 5.98. The smallest absolute Gasteiger partial charge is 0.246 e. The molecule has 1 amide bonds. The Morgan fingerprint density at radius 3 is 2.81 bits per heavy atom. The van der Waals surface area contributed by atoms with E-state index in [1.165, 1.54) is 6.07 Å². The summed E-state index contributed by atoms with van der Waals surface area (Å²) in [5.41, 5.74) is 2.38. The molecule has 8 heteroatoms. The molecule has 1 aliphatic rings. The largest absolute Gasteiger partial charge is 0.352 e. The molecule has 2 aromatic rings. The van der Waals surface area contributed by atoms with E-state index in [4.69, 9.17) is 0 Å².